The molecule has 0 aliphatic rings. The van der Waals surface area contributed by atoms with Crippen LogP contribution in [0.3, 0.4) is 0 Å². The highest BCUT2D eigenvalue weighted by molar-refractivity contribution is 7.93. The first-order valence-electron chi connectivity index (χ1n) is 8.27. The van der Waals surface area contributed by atoms with Crippen molar-refractivity contribution in [1.82, 2.24) is 4.98 Å². The van der Waals surface area contributed by atoms with Gasteiger partial charge < -0.3 is 9.73 Å². The number of sulfonamides is 1. The minimum absolute atomic E-state index is 0.291. The topological polar surface area (TPSA) is 101 Å². The summed E-state index contributed by atoms with van der Waals surface area (Å²) in [6.07, 6.45) is 2.97. The summed E-state index contributed by atoms with van der Waals surface area (Å²) in [5.41, 5.74) is 2.32. The molecule has 140 valence electrons. The molecule has 3 rings (SSSR count). The second kappa shape index (κ2) is 7.63. The number of benzene rings is 2. The summed E-state index contributed by atoms with van der Waals surface area (Å²) in [6.45, 7) is 3.19. The van der Waals surface area contributed by atoms with E-state index in [9.17, 15) is 13.2 Å². The molecule has 0 fully saturated rings. The average molecular weight is 385 g/mol. The van der Waals surface area contributed by atoms with E-state index in [-0.39, 0.29) is 5.91 Å². The number of carbonyl (C=O) groups is 1. The van der Waals surface area contributed by atoms with Gasteiger partial charge in [-0.3, -0.25) is 9.52 Å². The van der Waals surface area contributed by atoms with Gasteiger partial charge in [0.2, 0.25) is 10.0 Å². The standard InChI is InChI=1S/C19H19N3O4S/c1-13(2)27(24,25)22-17-9-5-15(6-10-17)19(23)21-16-7-3-14(4-8-16)18-11-20-12-26-18/h3-13,22H,1-2H3,(H,21,23). The maximum absolute atomic E-state index is 12.4. The van der Waals surface area contributed by atoms with Gasteiger partial charge in [0, 0.05) is 22.5 Å². The van der Waals surface area contributed by atoms with Crippen LogP contribution in [0.1, 0.15) is 24.2 Å². The van der Waals surface area contributed by atoms with Gasteiger partial charge in [0.1, 0.15) is 0 Å². The summed E-state index contributed by atoms with van der Waals surface area (Å²) in [5.74, 6) is 0.355. The first-order chi connectivity index (χ1) is 12.8. The van der Waals surface area contributed by atoms with Gasteiger partial charge in [0.15, 0.2) is 12.2 Å². The molecule has 0 saturated carbocycles. The van der Waals surface area contributed by atoms with E-state index >= 15 is 0 Å². The van der Waals surface area contributed by atoms with Gasteiger partial charge in [0.25, 0.3) is 5.91 Å². The Morgan fingerprint density at radius 1 is 1.00 bits per heavy atom. The summed E-state index contributed by atoms with van der Waals surface area (Å²) >= 11 is 0. The number of oxazole rings is 1. The van der Waals surface area contributed by atoms with Crippen LogP contribution >= 0.6 is 0 Å². The Balaban J connectivity index is 1.66. The molecule has 0 aliphatic heterocycles. The van der Waals surface area contributed by atoms with E-state index in [1.54, 1.807) is 56.4 Å². The molecule has 8 heteroatoms. The number of amides is 1. The van der Waals surface area contributed by atoms with E-state index in [4.69, 9.17) is 4.42 Å². The molecule has 1 amide bonds. The molecule has 0 radical (unpaired) electrons. The maximum atomic E-state index is 12.4. The highest BCUT2D eigenvalue weighted by Crippen LogP contribution is 2.21. The lowest BCUT2D eigenvalue weighted by Crippen LogP contribution is -2.22. The van der Waals surface area contributed by atoms with Crippen molar-refractivity contribution in [2.24, 2.45) is 0 Å². The lowest BCUT2D eigenvalue weighted by molar-refractivity contribution is 0.102. The predicted molar refractivity (Wildman–Crippen MR) is 104 cm³/mol. The maximum Gasteiger partial charge on any atom is 0.255 e. The summed E-state index contributed by atoms with van der Waals surface area (Å²) in [7, 11) is -3.42. The first kappa shape index (κ1) is 18.7. The van der Waals surface area contributed by atoms with Crippen molar-refractivity contribution in [2.45, 2.75) is 19.1 Å². The van der Waals surface area contributed by atoms with Gasteiger partial charge in [-0.05, 0) is 62.4 Å². The third-order valence-electron chi connectivity index (χ3n) is 3.89. The van der Waals surface area contributed by atoms with Gasteiger partial charge in [-0.15, -0.1) is 0 Å². The Morgan fingerprint density at radius 2 is 1.63 bits per heavy atom. The van der Waals surface area contributed by atoms with Crippen LogP contribution in [0.15, 0.2) is 65.5 Å². The molecular formula is C19H19N3O4S. The fraction of sp³-hybridized carbons (Fsp3) is 0.158. The van der Waals surface area contributed by atoms with Crippen LogP contribution < -0.4 is 10.0 Å². The first-order valence-corrected chi connectivity index (χ1v) is 9.82. The van der Waals surface area contributed by atoms with Crippen molar-refractivity contribution in [3.8, 4) is 11.3 Å². The summed E-state index contributed by atoms with van der Waals surface area (Å²) < 4.78 is 31.4. The Hall–Kier alpha value is -3.13. The molecule has 1 heterocycles. The second-order valence-corrected chi connectivity index (χ2v) is 8.41. The molecule has 2 N–H and O–H groups in total. The number of nitrogens with zero attached hydrogens (tertiary/aromatic N) is 1. The van der Waals surface area contributed by atoms with Crippen LogP contribution in [0, 0.1) is 0 Å². The Kier molecular flexibility index (Phi) is 5.27. The van der Waals surface area contributed by atoms with Gasteiger partial charge in [-0.25, -0.2) is 13.4 Å². The van der Waals surface area contributed by atoms with Crippen LogP contribution in [-0.4, -0.2) is 24.6 Å². The van der Waals surface area contributed by atoms with Crippen molar-refractivity contribution in [1.29, 1.82) is 0 Å². The monoisotopic (exact) mass is 385 g/mol. The largest absolute Gasteiger partial charge is 0.444 e. The molecule has 0 unspecified atom stereocenters. The predicted octanol–water partition coefficient (Wildman–Crippen LogP) is 3.74. The molecule has 2 aromatic carbocycles. The zero-order valence-corrected chi connectivity index (χ0v) is 15.7. The number of carbonyl (C=O) groups excluding carboxylic acids is 1. The van der Waals surface area contributed by atoms with Gasteiger partial charge in [-0.2, -0.15) is 0 Å². The molecule has 3 aromatic rings. The Labute approximate surface area is 157 Å². The number of rotatable bonds is 6. The molecule has 0 aliphatic carbocycles. The number of anilines is 2. The smallest absolute Gasteiger partial charge is 0.255 e. The van der Waals surface area contributed by atoms with E-state index in [0.29, 0.717) is 22.7 Å². The lowest BCUT2D eigenvalue weighted by atomic mass is 10.1. The molecule has 0 atom stereocenters. The summed E-state index contributed by atoms with van der Waals surface area (Å²) in [6, 6.07) is 13.4. The quantitative estimate of drug-likeness (QED) is 0.673. The number of hydrogen-bond donors (Lipinski definition) is 2. The third kappa shape index (κ3) is 4.53. The average Bonchev–Trinajstić information content (AvgIpc) is 3.17. The van der Waals surface area contributed by atoms with E-state index in [2.05, 4.69) is 15.0 Å². The molecule has 0 bridgehead atoms. The highest BCUT2D eigenvalue weighted by atomic mass is 32.2. The number of aromatic nitrogens is 1. The van der Waals surface area contributed by atoms with E-state index in [1.165, 1.54) is 6.39 Å². The normalized spacial score (nSPS) is 11.4. The zero-order valence-electron chi connectivity index (χ0n) is 14.8. The molecule has 1 aromatic heterocycles. The number of hydrogen-bond acceptors (Lipinski definition) is 5. The highest BCUT2D eigenvalue weighted by Gasteiger charge is 2.15. The molecule has 0 spiro atoms. The van der Waals surface area contributed by atoms with E-state index < -0.39 is 15.3 Å². The van der Waals surface area contributed by atoms with Crippen LogP contribution in [0.2, 0.25) is 0 Å². The van der Waals surface area contributed by atoms with Gasteiger partial charge >= 0.3 is 0 Å². The second-order valence-electron chi connectivity index (χ2n) is 6.17. The van der Waals surface area contributed by atoms with Crippen molar-refractivity contribution in [3.05, 3.63) is 66.7 Å². The van der Waals surface area contributed by atoms with E-state index in [1.807, 2.05) is 12.1 Å². The SMILES string of the molecule is CC(C)S(=O)(=O)Nc1ccc(C(=O)Nc2ccc(-c3cnco3)cc2)cc1. The summed E-state index contributed by atoms with van der Waals surface area (Å²) in [5, 5.41) is 2.25. The van der Waals surface area contributed by atoms with Crippen molar-refractivity contribution in [3.63, 3.8) is 0 Å². The zero-order chi connectivity index (χ0) is 19.4. The van der Waals surface area contributed by atoms with Gasteiger partial charge in [-0.1, -0.05) is 0 Å². The van der Waals surface area contributed by atoms with Crippen LogP contribution in [0.4, 0.5) is 11.4 Å². The number of nitrogens with one attached hydrogen (secondary N) is 2. The fourth-order valence-corrected chi connectivity index (χ4v) is 2.95. The van der Waals surface area contributed by atoms with Crippen molar-refractivity contribution < 1.29 is 17.6 Å². The van der Waals surface area contributed by atoms with Crippen LogP contribution in [0.5, 0.6) is 0 Å². The Bertz CT molecular complexity index is 1010. The lowest BCUT2D eigenvalue weighted by Gasteiger charge is -2.11. The minimum Gasteiger partial charge on any atom is -0.444 e. The fourth-order valence-electron chi connectivity index (χ4n) is 2.25. The third-order valence-corrected chi connectivity index (χ3v) is 5.65. The summed E-state index contributed by atoms with van der Waals surface area (Å²) in [4.78, 5) is 16.2. The molecule has 0 saturated heterocycles. The molecule has 27 heavy (non-hydrogen) atoms. The minimum atomic E-state index is -3.42. The van der Waals surface area contributed by atoms with Crippen LogP contribution in [-0.2, 0) is 10.0 Å². The molecular weight excluding hydrogens is 366 g/mol. The van der Waals surface area contributed by atoms with E-state index in [0.717, 1.165) is 5.56 Å². The van der Waals surface area contributed by atoms with Gasteiger partial charge in [0.05, 0.1) is 11.4 Å². The van der Waals surface area contributed by atoms with Crippen molar-refractivity contribution >= 4 is 27.3 Å². The Morgan fingerprint density at radius 3 is 2.19 bits per heavy atom. The van der Waals surface area contributed by atoms with Crippen LogP contribution in [0.25, 0.3) is 11.3 Å². The van der Waals surface area contributed by atoms with Crippen molar-refractivity contribution in [2.75, 3.05) is 10.0 Å². The molecule has 7 nitrogen and oxygen atoms in total.